The van der Waals surface area contributed by atoms with Gasteiger partial charge < -0.3 is 14.9 Å². The van der Waals surface area contributed by atoms with Gasteiger partial charge in [-0.3, -0.25) is 0 Å². The predicted octanol–water partition coefficient (Wildman–Crippen LogP) is 1.01. The van der Waals surface area contributed by atoms with Gasteiger partial charge >= 0.3 is 5.97 Å². The fourth-order valence-electron chi connectivity index (χ4n) is 1.42. The van der Waals surface area contributed by atoms with Gasteiger partial charge in [-0.15, -0.1) is 0 Å². The quantitative estimate of drug-likeness (QED) is 0.751. The molecular formula is C9H12N2O3. The molecule has 0 spiro atoms. The Balaban J connectivity index is 1.94. The molecule has 1 aromatic rings. The zero-order valence-corrected chi connectivity index (χ0v) is 7.69. The maximum atomic E-state index is 10.7. The van der Waals surface area contributed by atoms with Crippen molar-refractivity contribution in [1.82, 2.24) is 10.5 Å². The Bertz CT molecular complexity index is 331. The van der Waals surface area contributed by atoms with Gasteiger partial charge in [0, 0.05) is 6.04 Å². The first kappa shape index (κ1) is 9.21. The molecule has 2 rings (SSSR count). The number of nitrogens with zero attached hydrogens (tertiary/aromatic N) is 1. The van der Waals surface area contributed by atoms with Crippen LogP contribution in [-0.4, -0.2) is 22.3 Å². The maximum absolute atomic E-state index is 10.7. The molecule has 1 aromatic heterocycles. The van der Waals surface area contributed by atoms with Crippen molar-refractivity contribution in [3.63, 3.8) is 0 Å². The summed E-state index contributed by atoms with van der Waals surface area (Å²) >= 11 is 0. The number of aromatic nitrogens is 1. The van der Waals surface area contributed by atoms with Gasteiger partial charge in [0.05, 0.1) is 12.7 Å². The van der Waals surface area contributed by atoms with Crippen molar-refractivity contribution in [2.45, 2.75) is 31.8 Å². The molecule has 14 heavy (non-hydrogen) atoms. The SMILES string of the molecule is O=C(O)c1cnoc1CNC1CCC1. The average Bonchev–Trinajstić information content (AvgIpc) is 2.49. The Kier molecular flexibility index (Phi) is 2.49. The zero-order chi connectivity index (χ0) is 9.97. The van der Waals surface area contributed by atoms with E-state index in [1.54, 1.807) is 0 Å². The molecule has 0 aliphatic heterocycles. The summed E-state index contributed by atoms with van der Waals surface area (Å²) in [6.07, 6.45) is 4.81. The van der Waals surface area contributed by atoms with Crippen molar-refractivity contribution in [3.05, 3.63) is 17.5 Å². The molecule has 1 saturated carbocycles. The highest BCUT2D eigenvalue weighted by molar-refractivity contribution is 5.88. The Hall–Kier alpha value is -1.36. The van der Waals surface area contributed by atoms with Crippen LogP contribution in [0.4, 0.5) is 0 Å². The molecule has 5 nitrogen and oxygen atoms in total. The van der Waals surface area contributed by atoms with E-state index in [1.807, 2.05) is 0 Å². The molecule has 0 atom stereocenters. The first-order chi connectivity index (χ1) is 6.77. The van der Waals surface area contributed by atoms with Crippen molar-refractivity contribution in [3.8, 4) is 0 Å². The molecule has 2 N–H and O–H groups in total. The van der Waals surface area contributed by atoms with Crippen LogP contribution in [0.1, 0.15) is 35.4 Å². The Morgan fingerprint density at radius 1 is 1.71 bits per heavy atom. The summed E-state index contributed by atoms with van der Waals surface area (Å²) in [5, 5.41) is 15.5. The van der Waals surface area contributed by atoms with Crippen LogP contribution in [0.2, 0.25) is 0 Å². The van der Waals surface area contributed by atoms with E-state index in [4.69, 9.17) is 9.63 Å². The smallest absolute Gasteiger partial charge is 0.341 e. The largest absolute Gasteiger partial charge is 0.478 e. The lowest BCUT2D eigenvalue weighted by Gasteiger charge is -2.25. The lowest BCUT2D eigenvalue weighted by Crippen LogP contribution is -2.34. The Morgan fingerprint density at radius 3 is 3.07 bits per heavy atom. The highest BCUT2D eigenvalue weighted by atomic mass is 16.5. The second-order valence-electron chi connectivity index (χ2n) is 3.48. The van der Waals surface area contributed by atoms with Gasteiger partial charge in [0.1, 0.15) is 5.56 Å². The van der Waals surface area contributed by atoms with E-state index in [-0.39, 0.29) is 5.56 Å². The first-order valence-electron chi connectivity index (χ1n) is 4.67. The van der Waals surface area contributed by atoms with Crippen LogP contribution in [0.25, 0.3) is 0 Å². The van der Waals surface area contributed by atoms with E-state index in [0.717, 1.165) is 12.8 Å². The molecule has 1 heterocycles. The number of rotatable bonds is 4. The van der Waals surface area contributed by atoms with Crippen LogP contribution in [-0.2, 0) is 6.54 Å². The third-order valence-electron chi connectivity index (χ3n) is 2.53. The van der Waals surface area contributed by atoms with E-state index in [2.05, 4.69) is 10.5 Å². The lowest BCUT2D eigenvalue weighted by atomic mass is 9.93. The molecule has 1 aliphatic rings. The van der Waals surface area contributed by atoms with E-state index in [1.165, 1.54) is 12.6 Å². The van der Waals surface area contributed by atoms with Crippen molar-refractivity contribution in [2.75, 3.05) is 0 Å². The van der Waals surface area contributed by atoms with E-state index < -0.39 is 5.97 Å². The lowest BCUT2D eigenvalue weighted by molar-refractivity contribution is 0.0694. The van der Waals surface area contributed by atoms with Gasteiger partial charge in [-0.2, -0.15) is 0 Å². The summed E-state index contributed by atoms with van der Waals surface area (Å²) in [4.78, 5) is 10.7. The number of hydrogen-bond acceptors (Lipinski definition) is 4. The number of nitrogens with one attached hydrogen (secondary N) is 1. The number of aromatic carboxylic acids is 1. The molecule has 0 unspecified atom stereocenters. The predicted molar refractivity (Wildman–Crippen MR) is 47.9 cm³/mol. The molecule has 1 fully saturated rings. The standard InChI is InChI=1S/C9H12N2O3/c12-9(13)7-4-11-14-8(7)5-10-6-2-1-3-6/h4,6,10H,1-3,5H2,(H,12,13). The van der Waals surface area contributed by atoms with E-state index in [0.29, 0.717) is 18.3 Å². The van der Waals surface area contributed by atoms with Crippen molar-refractivity contribution < 1.29 is 14.4 Å². The van der Waals surface area contributed by atoms with E-state index in [9.17, 15) is 4.79 Å². The van der Waals surface area contributed by atoms with Gasteiger partial charge in [0.2, 0.25) is 0 Å². The monoisotopic (exact) mass is 196 g/mol. The summed E-state index contributed by atoms with van der Waals surface area (Å²) in [7, 11) is 0. The Morgan fingerprint density at radius 2 is 2.50 bits per heavy atom. The topological polar surface area (TPSA) is 75.4 Å². The van der Waals surface area contributed by atoms with Crippen LogP contribution in [0.5, 0.6) is 0 Å². The second kappa shape index (κ2) is 3.79. The van der Waals surface area contributed by atoms with Crippen molar-refractivity contribution >= 4 is 5.97 Å². The highest BCUT2D eigenvalue weighted by Crippen LogP contribution is 2.19. The van der Waals surface area contributed by atoms with Gasteiger partial charge in [-0.1, -0.05) is 11.6 Å². The fraction of sp³-hybridized carbons (Fsp3) is 0.556. The highest BCUT2D eigenvalue weighted by Gasteiger charge is 2.19. The molecule has 0 bridgehead atoms. The van der Waals surface area contributed by atoms with Crippen LogP contribution in [0, 0.1) is 0 Å². The van der Waals surface area contributed by atoms with Gasteiger partial charge in [-0.05, 0) is 12.8 Å². The first-order valence-corrected chi connectivity index (χ1v) is 4.67. The third kappa shape index (κ3) is 1.77. The van der Waals surface area contributed by atoms with Crippen LogP contribution in [0.3, 0.4) is 0 Å². The number of carbonyl (C=O) groups is 1. The summed E-state index contributed by atoms with van der Waals surface area (Å²) in [6, 6.07) is 0.516. The number of carboxylic acid groups (broad SMARTS) is 1. The molecule has 5 heteroatoms. The minimum Gasteiger partial charge on any atom is -0.478 e. The van der Waals surface area contributed by atoms with Gasteiger partial charge in [0.25, 0.3) is 0 Å². The molecule has 76 valence electrons. The normalized spacial score (nSPS) is 16.6. The van der Waals surface area contributed by atoms with Crippen LogP contribution >= 0.6 is 0 Å². The van der Waals surface area contributed by atoms with Gasteiger partial charge in [-0.25, -0.2) is 4.79 Å². The fourth-order valence-corrected chi connectivity index (χ4v) is 1.42. The maximum Gasteiger partial charge on any atom is 0.341 e. The summed E-state index contributed by atoms with van der Waals surface area (Å²) < 4.78 is 4.85. The van der Waals surface area contributed by atoms with Crippen LogP contribution < -0.4 is 5.32 Å². The molecular weight excluding hydrogens is 184 g/mol. The molecule has 0 amide bonds. The third-order valence-corrected chi connectivity index (χ3v) is 2.53. The zero-order valence-electron chi connectivity index (χ0n) is 7.69. The molecule has 0 aromatic carbocycles. The Labute approximate surface area is 81.1 Å². The second-order valence-corrected chi connectivity index (χ2v) is 3.48. The number of carboxylic acids is 1. The van der Waals surface area contributed by atoms with Crippen LogP contribution in [0.15, 0.2) is 10.7 Å². The summed E-state index contributed by atoms with van der Waals surface area (Å²) in [5.74, 6) is -0.582. The number of hydrogen-bond donors (Lipinski definition) is 2. The van der Waals surface area contributed by atoms with E-state index >= 15 is 0 Å². The van der Waals surface area contributed by atoms with Crippen molar-refractivity contribution in [2.24, 2.45) is 0 Å². The molecule has 0 saturated heterocycles. The minimum atomic E-state index is -0.989. The summed E-state index contributed by atoms with van der Waals surface area (Å²) in [5.41, 5.74) is 0.150. The molecule has 1 aliphatic carbocycles. The molecule has 0 radical (unpaired) electrons. The average molecular weight is 196 g/mol. The summed E-state index contributed by atoms with van der Waals surface area (Å²) in [6.45, 7) is 0.451. The van der Waals surface area contributed by atoms with Crippen molar-refractivity contribution in [1.29, 1.82) is 0 Å². The minimum absolute atomic E-state index is 0.150. The van der Waals surface area contributed by atoms with Gasteiger partial charge in [0.15, 0.2) is 5.76 Å².